The van der Waals surface area contributed by atoms with Gasteiger partial charge in [0.15, 0.2) is 0 Å². The topological polar surface area (TPSA) is 24.5 Å². The summed E-state index contributed by atoms with van der Waals surface area (Å²) >= 11 is 0. The average Bonchev–Trinajstić information content (AvgIpc) is 2.52. The van der Waals surface area contributed by atoms with Gasteiger partial charge in [-0.25, -0.2) is 0 Å². The molecule has 3 nitrogen and oxygen atoms in total. The van der Waals surface area contributed by atoms with E-state index in [0.29, 0.717) is 18.7 Å². The van der Waals surface area contributed by atoms with E-state index in [4.69, 9.17) is 4.74 Å². The Hall–Kier alpha value is -1.16. The Labute approximate surface area is 129 Å². The van der Waals surface area contributed by atoms with Crippen LogP contribution in [0.25, 0.3) is 0 Å². The van der Waals surface area contributed by atoms with E-state index in [-0.39, 0.29) is 0 Å². The van der Waals surface area contributed by atoms with Gasteiger partial charge >= 0.3 is 0 Å². The number of hydrogen-bond acceptors (Lipinski definition) is 3. The predicted octanol–water partition coefficient (Wildman–Crippen LogP) is 3.00. The summed E-state index contributed by atoms with van der Waals surface area (Å²) in [6, 6.07) is 11.8. The van der Waals surface area contributed by atoms with Crippen LogP contribution in [0.15, 0.2) is 42.5 Å². The van der Waals surface area contributed by atoms with Crippen LogP contribution in [0, 0.1) is 0 Å². The largest absolute Gasteiger partial charge is 0.376 e. The van der Waals surface area contributed by atoms with Crippen molar-refractivity contribution in [3.05, 3.63) is 48.0 Å². The SMILES string of the molecule is C=C(C)COCCN1CC(CC)NCC1c1ccccc1. The van der Waals surface area contributed by atoms with Gasteiger partial charge in [0, 0.05) is 31.7 Å². The van der Waals surface area contributed by atoms with Crippen LogP contribution in [0.1, 0.15) is 31.9 Å². The highest BCUT2D eigenvalue weighted by molar-refractivity contribution is 5.20. The molecular formula is C18H28N2O. The van der Waals surface area contributed by atoms with Gasteiger partial charge in [-0.3, -0.25) is 4.90 Å². The lowest BCUT2D eigenvalue weighted by Crippen LogP contribution is -2.52. The van der Waals surface area contributed by atoms with E-state index < -0.39 is 0 Å². The van der Waals surface area contributed by atoms with Gasteiger partial charge < -0.3 is 10.1 Å². The molecular weight excluding hydrogens is 260 g/mol. The van der Waals surface area contributed by atoms with Crippen LogP contribution >= 0.6 is 0 Å². The van der Waals surface area contributed by atoms with E-state index in [9.17, 15) is 0 Å². The Bertz CT molecular complexity index is 432. The lowest BCUT2D eigenvalue weighted by Gasteiger charge is -2.40. The molecule has 2 rings (SSSR count). The first-order chi connectivity index (χ1) is 10.2. The minimum atomic E-state index is 0.447. The summed E-state index contributed by atoms with van der Waals surface area (Å²) in [5.74, 6) is 0. The molecule has 1 fully saturated rings. The molecule has 1 N–H and O–H groups in total. The van der Waals surface area contributed by atoms with Gasteiger partial charge in [-0.1, -0.05) is 49.4 Å². The molecule has 116 valence electrons. The van der Waals surface area contributed by atoms with Crippen molar-refractivity contribution >= 4 is 0 Å². The van der Waals surface area contributed by atoms with Crippen LogP contribution in [0.4, 0.5) is 0 Å². The summed E-state index contributed by atoms with van der Waals surface area (Å²) in [6.45, 7) is 12.6. The van der Waals surface area contributed by atoms with Gasteiger partial charge in [-0.2, -0.15) is 0 Å². The predicted molar refractivity (Wildman–Crippen MR) is 88.5 cm³/mol. The van der Waals surface area contributed by atoms with Crippen LogP contribution in [0.3, 0.4) is 0 Å². The smallest absolute Gasteiger partial charge is 0.0672 e. The molecule has 0 aromatic heterocycles. The van der Waals surface area contributed by atoms with Crippen LogP contribution < -0.4 is 5.32 Å². The van der Waals surface area contributed by atoms with Gasteiger partial charge in [-0.15, -0.1) is 0 Å². The van der Waals surface area contributed by atoms with Crippen molar-refractivity contribution in [2.75, 3.05) is 32.8 Å². The highest BCUT2D eigenvalue weighted by Gasteiger charge is 2.27. The molecule has 1 aromatic carbocycles. The second kappa shape index (κ2) is 8.32. The Balaban J connectivity index is 1.95. The van der Waals surface area contributed by atoms with Gasteiger partial charge in [0.05, 0.1) is 13.2 Å². The zero-order valence-corrected chi connectivity index (χ0v) is 13.3. The molecule has 1 aliphatic heterocycles. The molecule has 2 atom stereocenters. The number of benzene rings is 1. The molecule has 0 aliphatic carbocycles. The molecule has 2 unspecified atom stereocenters. The molecule has 1 heterocycles. The third kappa shape index (κ3) is 4.95. The maximum Gasteiger partial charge on any atom is 0.0672 e. The van der Waals surface area contributed by atoms with Crippen molar-refractivity contribution < 1.29 is 4.74 Å². The van der Waals surface area contributed by atoms with E-state index in [1.165, 1.54) is 12.0 Å². The van der Waals surface area contributed by atoms with E-state index in [0.717, 1.165) is 31.8 Å². The fraction of sp³-hybridized carbons (Fsp3) is 0.556. The fourth-order valence-electron chi connectivity index (χ4n) is 2.83. The fourth-order valence-corrected chi connectivity index (χ4v) is 2.83. The van der Waals surface area contributed by atoms with Crippen LogP contribution in [-0.2, 0) is 4.74 Å². The van der Waals surface area contributed by atoms with Crippen molar-refractivity contribution in [2.24, 2.45) is 0 Å². The molecule has 0 radical (unpaired) electrons. The van der Waals surface area contributed by atoms with E-state index >= 15 is 0 Å². The minimum Gasteiger partial charge on any atom is -0.376 e. The monoisotopic (exact) mass is 288 g/mol. The van der Waals surface area contributed by atoms with Crippen molar-refractivity contribution in [1.82, 2.24) is 10.2 Å². The Kier molecular flexibility index (Phi) is 6.43. The van der Waals surface area contributed by atoms with Crippen LogP contribution in [0.2, 0.25) is 0 Å². The molecule has 0 saturated carbocycles. The summed E-state index contributed by atoms with van der Waals surface area (Å²) in [5.41, 5.74) is 2.47. The second-order valence-electron chi connectivity index (χ2n) is 5.94. The van der Waals surface area contributed by atoms with Crippen molar-refractivity contribution in [3.8, 4) is 0 Å². The lowest BCUT2D eigenvalue weighted by molar-refractivity contribution is 0.0727. The molecule has 0 bridgehead atoms. The zero-order valence-electron chi connectivity index (χ0n) is 13.3. The normalized spacial score (nSPS) is 23.1. The molecule has 1 saturated heterocycles. The van der Waals surface area contributed by atoms with Gasteiger partial charge in [0.25, 0.3) is 0 Å². The summed E-state index contributed by atoms with van der Waals surface area (Å²) < 4.78 is 5.69. The first-order valence-electron chi connectivity index (χ1n) is 7.95. The molecule has 0 spiro atoms. The van der Waals surface area contributed by atoms with Gasteiger partial charge in [0.2, 0.25) is 0 Å². The quantitative estimate of drug-likeness (QED) is 0.616. The molecule has 1 aliphatic rings. The summed E-state index contributed by atoms with van der Waals surface area (Å²) in [4.78, 5) is 2.55. The molecule has 21 heavy (non-hydrogen) atoms. The molecule has 0 amide bonds. The second-order valence-corrected chi connectivity index (χ2v) is 5.94. The first kappa shape index (κ1) is 16.2. The van der Waals surface area contributed by atoms with Crippen molar-refractivity contribution in [3.63, 3.8) is 0 Å². The Morgan fingerprint density at radius 2 is 2.14 bits per heavy atom. The first-order valence-corrected chi connectivity index (χ1v) is 7.95. The summed E-state index contributed by atoms with van der Waals surface area (Å²) in [6.07, 6.45) is 1.17. The van der Waals surface area contributed by atoms with Gasteiger partial charge in [-0.05, 0) is 18.9 Å². The standard InChI is InChI=1S/C18H28N2O/c1-4-17-13-20(10-11-21-14-15(2)3)18(12-19-17)16-8-6-5-7-9-16/h5-9,17-19H,2,4,10-14H2,1,3H3. The maximum absolute atomic E-state index is 5.69. The number of hydrogen-bond donors (Lipinski definition) is 1. The van der Waals surface area contributed by atoms with Crippen molar-refractivity contribution in [2.45, 2.75) is 32.4 Å². The number of rotatable bonds is 7. The third-order valence-electron chi connectivity index (χ3n) is 4.04. The highest BCUT2D eigenvalue weighted by atomic mass is 16.5. The van der Waals surface area contributed by atoms with E-state index in [1.54, 1.807) is 0 Å². The lowest BCUT2D eigenvalue weighted by atomic mass is 10.0. The number of piperazine rings is 1. The Morgan fingerprint density at radius 1 is 1.38 bits per heavy atom. The zero-order chi connectivity index (χ0) is 15.1. The molecule has 1 aromatic rings. The van der Waals surface area contributed by atoms with Crippen LogP contribution in [-0.4, -0.2) is 43.8 Å². The van der Waals surface area contributed by atoms with Crippen LogP contribution in [0.5, 0.6) is 0 Å². The number of nitrogens with zero attached hydrogens (tertiary/aromatic N) is 1. The average molecular weight is 288 g/mol. The van der Waals surface area contributed by atoms with Crippen molar-refractivity contribution in [1.29, 1.82) is 0 Å². The number of ether oxygens (including phenoxy) is 1. The van der Waals surface area contributed by atoms with E-state index in [1.807, 2.05) is 6.92 Å². The van der Waals surface area contributed by atoms with Gasteiger partial charge in [0.1, 0.15) is 0 Å². The summed E-state index contributed by atoms with van der Waals surface area (Å²) in [5, 5.41) is 3.66. The minimum absolute atomic E-state index is 0.447. The van der Waals surface area contributed by atoms with E-state index in [2.05, 4.69) is 54.1 Å². The number of nitrogens with one attached hydrogen (secondary N) is 1. The third-order valence-corrected chi connectivity index (χ3v) is 4.04. The highest BCUT2D eigenvalue weighted by Crippen LogP contribution is 2.23. The Morgan fingerprint density at radius 3 is 2.81 bits per heavy atom. The molecule has 3 heteroatoms. The summed E-state index contributed by atoms with van der Waals surface area (Å²) in [7, 11) is 0. The maximum atomic E-state index is 5.69.